The molecule has 1 heterocycles. The lowest BCUT2D eigenvalue weighted by Gasteiger charge is -2.26. The third-order valence-electron chi connectivity index (χ3n) is 6.41. The molecule has 0 unspecified atom stereocenters. The van der Waals surface area contributed by atoms with Gasteiger partial charge in [-0.1, -0.05) is 26.0 Å². The zero-order valence-corrected chi connectivity index (χ0v) is 20.9. The second-order valence-electron chi connectivity index (χ2n) is 8.50. The van der Waals surface area contributed by atoms with Crippen molar-refractivity contribution in [2.45, 2.75) is 33.1 Å². The van der Waals surface area contributed by atoms with Crippen molar-refractivity contribution in [3.63, 3.8) is 0 Å². The van der Waals surface area contributed by atoms with Gasteiger partial charge in [-0.15, -0.1) is 0 Å². The SMILES string of the molecule is CCN(CC)CC[C@H](c1ccc(N(C)C)cc1)c1c(OC)cc(OC)c2c(C)cc(=O)oc12. The highest BCUT2D eigenvalue weighted by molar-refractivity contribution is 5.92. The highest BCUT2D eigenvalue weighted by atomic mass is 16.5. The molecule has 178 valence electrons. The predicted molar refractivity (Wildman–Crippen MR) is 135 cm³/mol. The Bertz CT molecular complexity index is 1130. The Morgan fingerprint density at radius 1 is 0.970 bits per heavy atom. The normalized spacial score (nSPS) is 12.2. The molecule has 0 saturated heterocycles. The molecule has 0 saturated carbocycles. The molecule has 3 rings (SSSR count). The van der Waals surface area contributed by atoms with Gasteiger partial charge in [0.05, 0.1) is 19.6 Å². The van der Waals surface area contributed by atoms with E-state index >= 15 is 0 Å². The van der Waals surface area contributed by atoms with Crippen molar-refractivity contribution in [3.05, 3.63) is 63.5 Å². The number of ether oxygens (including phenoxy) is 2. The quantitative estimate of drug-likeness (QED) is 0.401. The summed E-state index contributed by atoms with van der Waals surface area (Å²) in [6, 6.07) is 12.0. The summed E-state index contributed by atoms with van der Waals surface area (Å²) in [6.45, 7) is 9.15. The maximum atomic E-state index is 12.4. The zero-order valence-electron chi connectivity index (χ0n) is 20.9. The van der Waals surface area contributed by atoms with Crippen LogP contribution in [-0.4, -0.2) is 52.8 Å². The van der Waals surface area contributed by atoms with Gasteiger partial charge in [0.15, 0.2) is 0 Å². The molecule has 0 radical (unpaired) electrons. The second kappa shape index (κ2) is 10.8. The van der Waals surface area contributed by atoms with E-state index in [1.54, 1.807) is 14.2 Å². The Kier molecular flexibility index (Phi) is 8.03. The van der Waals surface area contributed by atoms with E-state index in [1.165, 1.54) is 6.07 Å². The first kappa shape index (κ1) is 24.6. The summed E-state index contributed by atoms with van der Waals surface area (Å²) in [4.78, 5) is 16.9. The van der Waals surface area contributed by atoms with Crippen molar-refractivity contribution in [2.24, 2.45) is 0 Å². The van der Waals surface area contributed by atoms with Crippen LogP contribution < -0.4 is 20.0 Å². The third-order valence-corrected chi connectivity index (χ3v) is 6.41. The maximum absolute atomic E-state index is 12.4. The van der Waals surface area contributed by atoms with Gasteiger partial charge in [0.25, 0.3) is 0 Å². The Balaban J connectivity index is 2.28. The Morgan fingerprint density at radius 3 is 2.15 bits per heavy atom. The fourth-order valence-corrected chi connectivity index (χ4v) is 4.48. The largest absolute Gasteiger partial charge is 0.496 e. The van der Waals surface area contributed by atoms with Gasteiger partial charge in [-0.05, 0) is 56.2 Å². The fraction of sp³-hybridized carbons (Fsp3) is 0.444. The minimum Gasteiger partial charge on any atom is -0.496 e. The van der Waals surface area contributed by atoms with E-state index in [-0.39, 0.29) is 11.5 Å². The van der Waals surface area contributed by atoms with Crippen LogP contribution in [0.25, 0.3) is 11.0 Å². The number of nitrogens with zero attached hydrogens (tertiary/aromatic N) is 2. The summed E-state index contributed by atoms with van der Waals surface area (Å²) in [5.41, 5.74) is 4.17. The first-order valence-electron chi connectivity index (χ1n) is 11.5. The lowest BCUT2D eigenvalue weighted by atomic mass is 9.85. The molecular formula is C27H36N2O4. The molecule has 0 aliphatic rings. The summed E-state index contributed by atoms with van der Waals surface area (Å²) in [7, 11) is 7.33. The van der Waals surface area contributed by atoms with E-state index in [1.807, 2.05) is 27.1 Å². The average molecular weight is 453 g/mol. The second-order valence-corrected chi connectivity index (χ2v) is 8.50. The summed E-state index contributed by atoms with van der Waals surface area (Å²) in [6.07, 6.45) is 0.860. The number of fused-ring (bicyclic) bond motifs is 1. The molecule has 2 aromatic carbocycles. The van der Waals surface area contributed by atoms with Crippen LogP contribution in [-0.2, 0) is 0 Å². The van der Waals surface area contributed by atoms with Gasteiger partial charge >= 0.3 is 5.63 Å². The monoisotopic (exact) mass is 452 g/mol. The number of benzene rings is 2. The van der Waals surface area contributed by atoms with E-state index in [4.69, 9.17) is 13.9 Å². The highest BCUT2D eigenvalue weighted by Gasteiger charge is 2.27. The van der Waals surface area contributed by atoms with E-state index < -0.39 is 0 Å². The van der Waals surface area contributed by atoms with Crippen LogP contribution in [0.3, 0.4) is 0 Å². The van der Waals surface area contributed by atoms with E-state index in [0.29, 0.717) is 17.1 Å². The number of hydrogen-bond donors (Lipinski definition) is 0. The molecule has 33 heavy (non-hydrogen) atoms. The lowest BCUT2D eigenvalue weighted by molar-refractivity contribution is 0.293. The fourth-order valence-electron chi connectivity index (χ4n) is 4.48. The number of hydrogen-bond acceptors (Lipinski definition) is 6. The highest BCUT2D eigenvalue weighted by Crippen LogP contribution is 2.44. The first-order chi connectivity index (χ1) is 15.8. The van der Waals surface area contributed by atoms with Crippen molar-refractivity contribution in [1.29, 1.82) is 0 Å². The standard InChI is InChI=1S/C27H36N2O4/c1-8-29(9-2)15-14-21(19-10-12-20(13-11-19)28(4)5)26-23(32-7)17-22(31-6)25-18(3)16-24(30)33-27(25)26/h10-13,16-17,21H,8-9,14-15H2,1-7H3/t21-/m1/s1. The van der Waals surface area contributed by atoms with Gasteiger partial charge < -0.3 is 23.7 Å². The topological polar surface area (TPSA) is 55.2 Å². The summed E-state index contributed by atoms with van der Waals surface area (Å²) in [5.74, 6) is 1.28. The average Bonchev–Trinajstić information content (AvgIpc) is 2.81. The molecule has 0 N–H and O–H groups in total. The maximum Gasteiger partial charge on any atom is 0.336 e. The smallest absolute Gasteiger partial charge is 0.336 e. The number of anilines is 1. The number of aryl methyl sites for hydroxylation is 1. The van der Waals surface area contributed by atoms with Crippen LogP contribution in [0.5, 0.6) is 11.5 Å². The van der Waals surface area contributed by atoms with Gasteiger partial charge in [0, 0.05) is 43.4 Å². The van der Waals surface area contributed by atoms with Gasteiger partial charge in [-0.25, -0.2) is 4.79 Å². The molecule has 0 amide bonds. The molecule has 1 aromatic heterocycles. The predicted octanol–water partition coefficient (Wildman–Crippen LogP) is 5.05. The Hall–Kier alpha value is -2.99. The number of methoxy groups -OCH3 is 2. The van der Waals surface area contributed by atoms with Crippen LogP contribution in [0, 0.1) is 6.92 Å². The number of rotatable bonds is 10. The molecule has 0 aliphatic heterocycles. The van der Waals surface area contributed by atoms with Crippen LogP contribution in [0.15, 0.2) is 45.6 Å². The van der Waals surface area contributed by atoms with Crippen molar-refractivity contribution in [2.75, 3.05) is 52.8 Å². The van der Waals surface area contributed by atoms with Crippen LogP contribution in [0.2, 0.25) is 0 Å². The molecule has 3 aromatic rings. The first-order valence-corrected chi connectivity index (χ1v) is 11.5. The molecule has 0 spiro atoms. The molecule has 6 heteroatoms. The van der Waals surface area contributed by atoms with Crippen molar-refractivity contribution >= 4 is 16.7 Å². The molecular weight excluding hydrogens is 416 g/mol. The van der Waals surface area contributed by atoms with E-state index in [0.717, 1.165) is 53.8 Å². The Labute approximate surface area is 196 Å². The zero-order chi connectivity index (χ0) is 24.1. The molecule has 0 bridgehead atoms. The van der Waals surface area contributed by atoms with E-state index in [9.17, 15) is 4.79 Å². The molecule has 1 atom stereocenters. The van der Waals surface area contributed by atoms with Gasteiger partial charge in [0.2, 0.25) is 0 Å². The minimum atomic E-state index is -0.373. The van der Waals surface area contributed by atoms with Gasteiger partial charge in [-0.2, -0.15) is 0 Å². The summed E-state index contributed by atoms with van der Waals surface area (Å²) < 4.78 is 17.3. The van der Waals surface area contributed by atoms with Gasteiger partial charge in [-0.3, -0.25) is 0 Å². The lowest BCUT2D eigenvalue weighted by Crippen LogP contribution is -2.25. The van der Waals surface area contributed by atoms with Crippen LogP contribution in [0.4, 0.5) is 5.69 Å². The van der Waals surface area contributed by atoms with Crippen molar-refractivity contribution in [1.82, 2.24) is 4.90 Å². The van der Waals surface area contributed by atoms with Crippen LogP contribution >= 0.6 is 0 Å². The third kappa shape index (κ3) is 5.17. The summed E-state index contributed by atoms with van der Waals surface area (Å²) in [5, 5.41) is 0.811. The molecule has 0 aliphatic carbocycles. The minimum absolute atomic E-state index is 0.0184. The van der Waals surface area contributed by atoms with Crippen molar-refractivity contribution < 1.29 is 13.9 Å². The van der Waals surface area contributed by atoms with Crippen LogP contribution in [0.1, 0.15) is 42.9 Å². The summed E-state index contributed by atoms with van der Waals surface area (Å²) >= 11 is 0. The molecule has 6 nitrogen and oxygen atoms in total. The van der Waals surface area contributed by atoms with Crippen molar-refractivity contribution in [3.8, 4) is 11.5 Å². The Morgan fingerprint density at radius 2 is 1.61 bits per heavy atom. The van der Waals surface area contributed by atoms with Gasteiger partial charge in [0.1, 0.15) is 17.1 Å². The molecule has 0 fully saturated rings. The van der Waals surface area contributed by atoms with E-state index in [2.05, 4.69) is 47.9 Å².